The van der Waals surface area contributed by atoms with Gasteiger partial charge in [0.2, 0.25) is 0 Å². The summed E-state index contributed by atoms with van der Waals surface area (Å²) in [6.45, 7) is 8.45. The average Bonchev–Trinajstić information content (AvgIpc) is 2.02. The van der Waals surface area contributed by atoms with Gasteiger partial charge in [0.05, 0.1) is 0 Å². The van der Waals surface area contributed by atoms with Crippen LogP contribution in [0.1, 0.15) is 53.4 Å². The highest BCUT2D eigenvalue weighted by Crippen LogP contribution is 2.13. The molecule has 0 amide bonds. The lowest BCUT2D eigenvalue weighted by molar-refractivity contribution is -0.122. The Hall–Kier alpha value is -0.330. The highest BCUT2D eigenvalue weighted by Gasteiger charge is 2.09. The van der Waals surface area contributed by atoms with Crippen molar-refractivity contribution >= 4 is 5.78 Å². The second-order valence-electron chi connectivity index (χ2n) is 4.05. The van der Waals surface area contributed by atoms with E-state index in [-0.39, 0.29) is 5.92 Å². The fraction of sp³-hybridized carbons (Fsp3) is 0.909. The van der Waals surface area contributed by atoms with E-state index in [0.29, 0.717) is 12.2 Å². The first-order valence-electron chi connectivity index (χ1n) is 5.10. The molecule has 0 aliphatic heterocycles. The molecule has 1 atom stereocenters. The molecule has 12 heavy (non-hydrogen) atoms. The van der Waals surface area contributed by atoms with Gasteiger partial charge in [-0.1, -0.05) is 40.5 Å². The molecule has 0 rings (SSSR count). The fourth-order valence-electron chi connectivity index (χ4n) is 1.34. The van der Waals surface area contributed by atoms with Crippen molar-refractivity contribution in [2.45, 2.75) is 53.4 Å². The zero-order chi connectivity index (χ0) is 9.56. The summed E-state index contributed by atoms with van der Waals surface area (Å²) in [6, 6.07) is 0. The van der Waals surface area contributed by atoms with Crippen LogP contribution in [0.15, 0.2) is 0 Å². The Kier molecular flexibility index (Phi) is 6.04. The summed E-state index contributed by atoms with van der Waals surface area (Å²) >= 11 is 0. The molecule has 0 aliphatic rings. The number of rotatable bonds is 6. The van der Waals surface area contributed by atoms with Crippen LogP contribution in [0.25, 0.3) is 0 Å². The third-order valence-corrected chi connectivity index (χ3v) is 2.32. The van der Waals surface area contributed by atoms with E-state index < -0.39 is 0 Å². The van der Waals surface area contributed by atoms with Crippen LogP contribution < -0.4 is 0 Å². The van der Waals surface area contributed by atoms with Gasteiger partial charge in [-0.15, -0.1) is 0 Å². The number of hydrogen-bond donors (Lipinski definition) is 0. The largest absolute Gasteiger partial charge is 0.299 e. The molecule has 1 nitrogen and oxygen atoms in total. The van der Waals surface area contributed by atoms with Crippen LogP contribution in [-0.2, 0) is 4.79 Å². The summed E-state index contributed by atoms with van der Waals surface area (Å²) in [6.07, 6.45) is 4.22. The first kappa shape index (κ1) is 11.7. The maximum absolute atomic E-state index is 11.2. The minimum Gasteiger partial charge on any atom is -0.299 e. The van der Waals surface area contributed by atoms with Gasteiger partial charge in [-0.3, -0.25) is 4.79 Å². The van der Waals surface area contributed by atoms with E-state index in [2.05, 4.69) is 13.8 Å². The van der Waals surface area contributed by atoms with Gasteiger partial charge in [-0.05, 0) is 12.3 Å². The van der Waals surface area contributed by atoms with E-state index >= 15 is 0 Å². The lowest BCUT2D eigenvalue weighted by Crippen LogP contribution is -2.09. The Morgan fingerprint density at radius 3 is 2.17 bits per heavy atom. The fourth-order valence-corrected chi connectivity index (χ4v) is 1.34. The first-order valence-corrected chi connectivity index (χ1v) is 5.10. The summed E-state index contributed by atoms with van der Waals surface area (Å²) in [5, 5.41) is 0. The van der Waals surface area contributed by atoms with Gasteiger partial charge < -0.3 is 0 Å². The van der Waals surface area contributed by atoms with Crippen LogP contribution >= 0.6 is 0 Å². The van der Waals surface area contributed by atoms with Crippen molar-refractivity contribution in [3.05, 3.63) is 0 Å². The minimum absolute atomic E-state index is 0.286. The highest BCUT2D eigenvalue weighted by atomic mass is 16.1. The van der Waals surface area contributed by atoms with Crippen LogP contribution in [0.4, 0.5) is 0 Å². The molecule has 0 aromatic heterocycles. The lowest BCUT2D eigenvalue weighted by Gasteiger charge is -2.09. The number of Topliss-reactive ketones (excluding diaryl/α,β-unsaturated/α-hetero) is 1. The van der Waals surface area contributed by atoms with Gasteiger partial charge in [-0.2, -0.15) is 0 Å². The molecule has 0 saturated heterocycles. The summed E-state index contributed by atoms with van der Waals surface area (Å²) in [5.74, 6) is 1.47. The predicted molar refractivity (Wildman–Crippen MR) is 53.2 cm³/mol. The van der Waals surface area contributed by atoms with Gasteiger partial charge in [0, 0.05) is 12.3 Å². The van der Waals surface area contributed by atoms with Crippen molar-refractivity contribution in [2.24, 2.45) is 11.8 Å². The Morgan fingerprint density at radius 2 is 1.75 bits per heavy atom. The highest BCUT2D eigenvalue weighted by molar-refractivity contribution is 5.80. The maximum Gasteiger partial charge on any atom is 0.135 e. The zero-order valence-electron chi connectivity index (χ0n) is 8.89. The Bertz CT molecular complexity index is 127. The van der Waals surface area contributed by atoms with Crippen LogP contribution in [-0.4, -0.2) is 5.78 Å². The second-order valence-corrected chi connectivity index (χ2v) is 4.05. The van der Waals surface area contributed by atoms with Gasteiger partial charge in [-0.25, -0.2) is 0 Å². The molecule has 0 aromatic rings. The van der Waals surface area contributed by atoms with Crippen LogP contribution in [0.2, 0.25) is 0 Å². The molecular formula is C11H22O. The van der Waals surface area contributed by atoms with E-state index in [9.17, 15) is 4.79 Å². The van der Waals surface area contributed by atoms with Crippen LogP contribution in [0, 0.1) is 11.8 Å². The van der Waals surface area contributed by atoms with Crippen molar-refractivity contribution in [3.63, 3.8) is 0 Å². The lowest BCUT2D eigenvalue weighted by atomic mass is 9.95. The molecule has 0 fully saturated rings. The third-order valence-electron chi connectivity index (χ3n) is 2.32. The topological polar surface area (TPSA) is 17.1 Å². The molecule has 1 unspecified atom stereocenters. The summed E-state index contributed by atoms with van der Waals surface area (Å²) in [4.78, 5) is 11.2. The predicted octanol–water partition coefficient (Wildman–Crippen LogP) is 3.43. The van der Waals surface area contributed by atoms with Crippen LogP contribution in [0.5, 0.6) is 0 Å². The Morgan fingerprint density at radius 1 is 1.17 bits per heavy atom. The molecule has 0 bridgehead atoms. The van der Waals surface area contributed by atoms with Gasteiger partial charge in [0.1, 0.15) is 5.78 Å². The normalized spacial score (nSPS) is 13.4. The number of carbonyl (C=O) groups is 1. The third kappa shape index (κ3) is 5.34. The SMILES string of the molecule is CCC(=O)C(C)CCCC(C)C. The number of ketones is 1. The van der Waals surface area contributed by atoms with Crippen molar-refractivity contribution in [2.75, 3.05) is 0 Å². The molecule has 0 heterocycles. The van der Waals surface area contributed by atoms with Crippen molar-refractivity contribution in [1.82, 2.24) is 0 Å². The van der Waals surface area contributed by atoms with Gasteiger partial charge >= 0.3 is 0 Å². The quantitative estimate of drug-likeness (QED) is 0.597. The minimum atomic E-state index is 0.286. The summed E-state index contributed by atoms with van der Waals surface area (Å²) < 4.78 is 0. The molecule has 1 heteroatoms. The number of carbonyl (C=O) groups excluding carboxylic acids is 1. The average molecular weight is 170 g/mol. The molecule has 72 valence electrons. The van der Waals surface area contributed by atoms with E-state index in [1.165, 1.54) is 12.8 Å². The molecule has 0 aliphatic carbocycles. The first-order chi connectivity index (χ1) is 5.57. The second kappa shape index (κ2) is 6.22. The van der Waals surface area contributed by atoms with Crippen LogP contribution in [0.3, 0.4) is 0 Å². The molecule has 0 aromatic carbocycles. The van der Waals surface area contributed by atoms with Crippen molar-refractivity contribution in [1.29, 1.82) is 0 Å². The van der Waals surface area contributed by atoms with E-state index in [1.807, 2.05) is 13.8 Å². The van der Waals surface area contributed by atoms with E-state index in [1.54, 1.807) is 0 Å². The van der Waals surface area contributed by atoms with E-state index in [0.717, 1.165) is 12.3 Å². The molecular weight excluding hydrogens is 148 g/mol. The van der Waals surface area contributed by atoms with Crippen molar-refractivity contribution < 1.29 is 4.79 Å². The smallest absolute Gasteiger partial charge is 0.135 e. The monoisotopic (exact) mass is 170 g/mol. The summed E-state index contributed by atoms with van der Waals surface area (Å²) in [7, 11) is 0. The standard InChI is InChI=1S/C11H22O/c1-5-11(12)10(4)8-6-7-9(2)3/h9-10H,5-8H2,1-4H3. The molecule has 0 radical (unpaired) electrons. The van der Waals surface area contributed by atoms with Gasteiger partial charge in [0.15, 0.2) is 0 Å². The molecule has 0 N–H and O–H groups in total. The van der Waals surface area contributed by atoms with E-state index in [4.69, 9.17) is 0 Å². The summed E-state index contributed by atoms with van der Waals surface area (Å²) in [5.41, 5.74) is 0. The maximum atomic E-state index is 11.2. The molecule has 0 spiro atoms. The van der Waals surface area contributed by atoms with Crippen molar-refractivity contribution in [3.8, 4) is 0 Å². The zero-order valence-corrected chi connectivity index (χ0v) is 8.89. The Labute approximate surface area is 76.6 Å². The molecule has 0 saturated carbocycles. The van der Waals surface area contributed by atoms with Gasteiger partial charge in [0.25, 0.3) is 0 Å². The Balaban J connectivity index is 3.43. The number of hydrogen-bond acceptors (Lipinski definition) is 1.